The predicted octanol–water partition coefficient (Wildman–Crippen LogP) is 3.86. The van der Waals surface area contributed by atoms with Gasteiger partial charge >= 0.3 is 0 Å². The molecule has 35 heavy (non-hydrogen) atoms. The summed E-state index contributed by atoms with van der Waals surface area (Å²) in [5, 5.41) is 2.88. The third-order valence-electron chi connectivity index (χ3n) is 5.53. The Morgan fingerprint density at radius 1 is 0.829 bits per heavy atom. The Hall–Kier alpha value is -4.00. The minimum absolute atomic E-state index is 0.207. The minimum Gasteiger partial charge on any atom is -0.497 e. The molecule has 0 aromatic heterocycles. The third kappa shape index (κ3) is 7.50. The van der Waals surface area contributed by atoms with E-state index in [1.807, 2.05) is 61.5 Å². The first-order valence-electron chi connectivity index (χ1n) is 11.5. The van der Waals surface area contributed by atoms with Crippen molar-refractivity contribution >= 4 is 11.8 Å². The van der Waals surface area contributed by atoms with Crippen molar-refractivity contribution in [2.75, 3.05) is 27.4 Å². The van der Waals surface area contributed by atoms with Crippen molar-refractivity contribution in [2.24, 2.45) is 0 Å². The van der Waals surface area contributed by atoms with E-state index in [0.717, 1.165) is 11.1 Å². The predicted molar refractivity (Wildman–Crippen MR) is 135 cm³/mol. The quantitative estimate of drug-likeness (QED) is 0.430. The largest absolute Gasteiger partial charge is 0.497 e. The summed E-state index contributed by atoms with van der Waals surface area (Å²) >= 11 is 0. The molecule has 0 saturated heterocycles. The molecule has 0 saturated carbocycles. The number of amides is 2. The highest BCUT2D eigenvalue weighted by Gasteiger charge is 2.30. The van der Waals surface area contributed by atoms with E-state index in [9.17, 15) is 9.59 Å². The van der Waals surface area contributed by atoms with Crippen LogP contribution in [0.1, 0.15) is 18.1 Å². The van der Waals surface area contributed by atoms with Crippen LogP contribution in [-0.2, 0) is 22.6 Å². The molecule has 0 aliphatic carbocycles. The second kappa shape index (κ2) is 13.0. The number of nitrogens with zero attached hydrogens (tertiary/aromatic N) is 1. The molecule has 1 atom stereocenters. The van der Waals surface area contributed by atoms with E-state index in [1.54, 1.807) is 43.4 Å². The lowest BCUT2D eigenvalue weighted by molar-refractivity contribution is -0.142. The SMILES string of the molecule is CCNC(=O)[C@@H](Cc1ccccc1)N(Cc1cccc(OC)c1)C(=O)COc1ccc(OC)cc1. The maximum absolute atomic E-state index is 13.5. The number of nitrogens with one attached hydrogen (secondary N) is 1. The standard InChI is InChI=1S/C28H32N2O5/c1-4-29-28(32)26(18-21-9-6-5-7-10-21)30(19-22-11-8-12-25(17-22)34-3)27(31)20-35-24-15-13-23(33-2)14-16-24/h5-17,26H,4,18-20H2,1-3H3,(H,29,32)/t26-/m1/s1. The Kier molecular flexibility index (Phi) is 9.54. The van der Waals surface area contributed by atoms with E-state index in [4.69, 9.17) is 14.2 Å². The van der Waals surface area contributed by atoms with Crippen LogP contribution < -0.4 is 19.5 Å². The summed E-state index contributed by atoms with van der Waals surface area (Å²) in [4.78, 5) is 28.3. The maximum atomic E-state index is 13.5. The van der Waals surface area contributed by atoms with Gasteiger partial charge < -0.3 is 24.4 Å². The molecule has 0 heterocycles. The lowest BCUT2D eigenvalue weighted by Crippen LogP contribution is -2.51. The molecule has 7 heteroatoms. The molecule has 3 aromatic carbocycles. The Morgan fingerprint density at radius 3 is 2.14 bits per heavy atom. The van der Waals surface area contributed by atoms with Crippen LogP contribution in [0.5, 0.6) is 17.2 Å². The number of hydrogen-bond acceptors (Lipinski definition) is 5. The summed E-state index contributed by atoms with van der Waals surface area (Å²) in [6.45, 7) is 2.35. The van der Waals surface area contributed by atoms with Gasteiger partial charge in [-0.3, -0.25) is 9.59 Å². The second-order valence-corrected chi connectivity index (χ2v) is 7.94. The summed E-state index contributed by atoms with van der Waals surface area (Å²) in [7, 11) is 3.18. The maximum Gasteiger partial charge on any atom is 0.261 e. The Balaban J connectivity index is 1.88. The zero-order valence-corrected chi connectivity index (χ0v) is 20.4. The zero-order valence-electron chi connectivity index (χ0n) is 20.4. The Labute approximate surface area is 206 Å². The van der Waals surface area contributed by atoms with Crippen LogP contribution in [-0.4, -0.2) is 50.1 Å². The van der Waals surface area contributed by atoms with E-state index >= 15 is 0 Å². The number of carbonyl (C=O) groups excluding carboxylic acids is 2. The lowest BCUT2D eigenvalue weighted by Gasteiger charge is -2.31. The van der Waals surface area contributed by atoms with E-state index in [-0.39, 0.29) is 25.0 Å². The van der Waals surface area contributed by atoms with E-state index in [0.29, 0.717) is 30.2 Å². The molecule has 0 spiro atoms. The molecule has 3 aromatic rings. The van der Waals surface area contributed by atoms with Crippen LogP contribution in [0.2, 0.25) is 0 Å². The molecule has 1 N–H and O–H groups in total. The van der Waals surface area contributed by atoms with Crippen molar-refractivity contribution in [2.45, 2.75) is 25.9 Å². The highest BCUT2D eigenvalue weighted by Crippen LogP contribution is 2.20. The molecule has 2 amide bonds. The van der Waals surface area contributed by atoms with Gasteiger partial charge in [0, 0.05) is 19.5 Å². The van der Waals surface area contributed by atoms with Gasteiger partial charge in [0.2, 0.25) is 5.91 Å². The number of likely N-dealkylation sites (N-methyl/N-ethyl adjacent to an activating group) is 1. The van der Waals surface area contributed by atoms with Crippen molar-refractivity contribution < 1.29 is 23.8 Å². The fourth-order valence-corrected chi connectivity index (χ4v) is 3.71. The van der Waals surface area contributed by atoms with Crippen molar-refractivity contribution in [1.29, 1.82) is 0 Å². The fraction of sp³-hybridized carbons (Fsp3) is 0.286. The van der Waals surface area contributed by atoms with Gasteiger partial charge in [-0.15, -0.1) is 0 Å². The average molecular weight is 477 g/mol. The number of methoxy groups -OCH3 is 2. The van der Waals surface area contributed by atoms with E-state index < -0.39 is 6.04 Å². The van der Waals surface area contributed by atoms with Gasteiger partial charge in [0.05, 0.1) is 14.2 Å². The number of hydrogen-bond donors (Lipinski definition) is 1. The molecular formula is C28H32N2O5. The number of carbonyl (C=O) groups is 2. The van der Waals surface area contributed by atoms with Crippen molar-refractivity contribution in [3.05, 3.63) is 90.0 Å². The molecule has 0 fully saturated rings. The van der Waals surface area contributed by atoms with Gasteiger partial charge in [-0.2, -0.15) is 0 Å². The van der Waals surface area contributed by atoms with Crippen LogP contribution in [0, 0.1) is 0 Å². The van der Waals surface area contributed by atoms with Gasteiger partial charge in [-0.1, -0.05) is 42.5 Å². The van der Waals surface area contributed by atoms with Crippen LogP contribution in [0.25, 0.3) is 0 Å². The summed E-state index contributed by atoms with van der Waals surface area (Å²) in [5.74, 6) is 1.41. The van der Waals surface area contributed by atoms with Crippen LogP contribution >= 0.6 is 0 Å². The smallest absolute Gasteiger partial charge is 0.261 e. The number of benzene rings is 3. The molecule has 3 rings (SSSR count). The molecule has 0 radical (unpaired) electrons. The first-order chi connectivity index (χ1) is 17.0. The highest BCUT2D eigenvalue weighted by atomic mass is 16.5. The highest BCUT2D eigenvalue weighted by molar-refractivity contribution is 5.88. The van der Waals surface area contributed by atoms with E-state index in [2.05, 4.69) is 5.32 Å². The third-order valence-corrected chi connectivity index (χ3v) is 5.53. The second-order valence-electron chi connectivity index (χ2n) is 7.94. The molecule has 7 nitrogen and oxygen atoms in total. The molecule has 0 unspecified atom stereocenters. The van der Waals surface area contributed by atoms with E-state index in [1.165, 1.54) is 0 Å². The topological polar surface area (TPSA) is 77.1 Å². The first-order valence-corrected chi connectivity index (χ1v) is 11.5. The Morgan fingerprint density at radius 2 is 1.49 bits per heavy atom. The van der Waals surface area contributed by atoms with Crippen LogP contribution in [0.15, 0.2) is 78.9 Å². The summed E-state index contributed by atoms with van der Waals surface area (Å²) in [5.41, 5.74) is 1.81. The lowest BCUT2D eigenvalue weighted by atomic mass is 10.0. The van der Waals surface area contributed by atoms with Crippen molar-refractivity contribution in [1.82, 2.24) is 10.2 Å². The number of rotatable bonds is 12. The van der Waals surface area contributed by atoms with Crippen LogP contribution in [0.4, 0.5) is 0 Å². The van der Waals surface area contributed by atoms with Gasteiger partial charge in [-0.25, -0.2) is 0 Å². The Bertz CT molecular complexity index is 1090. The van der Waals surface area contributed by atoms with Gasteiger partial charge in [0.15, 0.2) is 6.61 Å². The molecule has 0 aliphatic rings. The van der Waals surface area contributed by atoms with Crippen molar-refractivity contribution in [3.8, 4) is 17.2 Å². The zero-order chi connectivity index (χ0) is 25.0. The summed E-state index contributed by atoms with van der Waals surface area (Å²) < 4.78 is 16.3. The molecular weight excluding hydrogens is 444 g/mol. The van der Waals surface area contributed by atoms with Gasteiger partial charge in [0.1, 0.15) is 23.3 Å². The minimum atomic E-state index is -0.712. The number of ether oxygens (including phenoxy) is 3. The first kappa shape index (κ1) is 25.6. The van der Waals surface area contributed by atoms with Gasteiger partial charge in [-0.05, 0) is 54.4 Å². The molecule has 184 valence electrons. The normalized spacial score (nSPS) is 11.3. The fourth-order valence-electron chi connectivity index (χ4n) is 3.71. The summed E-state index contributed by atoms with van der Waals surface area (Å²) in [6, 6.07) is 23.4. The molecule has 0 aliphatic heterocycles. The summed E-state index contributed by atoms with van der Waals surface area (Å²) in [6.07, 6.45) is 0.380. The van der Waals surface area contributed by atoms with Crippen LogP contribution in [0.3, 0.4) is 0 Å². The average Bonchev–Trinajstić information content (AvgIpc) is 2.90. The monoisotopic (exact) mass is 476 g/mol. The molecule has 0 bridgehead atoms. The van der Waals surface area contributed by atoms with Gasteiger partial charge in [0.25, 0.3) is 5.91 Å². The van der Waals surface area contributed by atoms with Crippen molar-refractivity contribution in [3.63, 3.8) is 0 Å².